The summed E-state index contributed by atoms with van der Waals surface area (Å²) in [5.41, 5.74) is 2.87. The van der Waals surface area contributed by atoms with E-state index in [1.807, 2.05) is 81.4 Å². The van der Waals surface area contributed by atoms with Crippen molar-refractivity contribution in [3.05, 3.63) is 107 Å². The van der Waals surface area contributed by atoms with Crippen molar-refractivity contribution < 1.29 is 12.6 Å². The molecule has 1 aliphatic rings. The van der Waals surface area contributed by atoms with E-state index in [4.69, 9.17) is 0 Å². The summed E-state index contributed by atoms with van der Waals surface area (Å²) in [4.78, 5) is 1.50. The van der Waals surface area contributed by atoms with Crippen molar-refractivity contribution in [2.45, 2.75) is 42.6 Å². The SMILES string of the molecule is Cc1ccc([S@](=O)C2=C[C@@H](C)N(S(=O)(=O)c3ccc(C)cc3)[C@H]2c2ccccc2)cc1. The van der Waals surface area contributed by atoms with E-state index in [9.17, 15) is 12.6 Å². The Morgan fingerprint density at radius 2 is 1.35 bits per heavy atom. The first kappa shape index (κ1) is 21.7. The molecule has 0 spiro atoms. The predicted octanol–water partition coefficient (Wildman–Crippen LogP) is 5.13. The van der Waals surface area contributed by atoms with Crippen LogP contribution in [-0.4, -0.2) is 23.0 Å². The van der Waals surface area contributed by atoms with Crippen molar-refractivity contribution in [2.24, 2.45) is 0 Å². The third-order valence-electron chi connectivity index (χ3n) is 5.49. The van der Waals surface area contributed by atoms with E-state index in [1.165, 1.54) is 4.31 Å². The first-order chi connectivity index (χ1) is 14.8. The molecule has 0 fully saturated rings. The van der Waals surface area contributed by atoms with E-state index in [0.717, 1.165) is 16.7 Å². The van der Waals surface area contributed by atoms with Gasteiger partial charge in [0.15, 0.2) is 0 Å². The van der Waals surface area contributed by atoms with Gasteiger partial charge in [0.05, 0.1) is 21.7 Å². The molecular weight excluding hydrogens is 426 g/mol. The van der Waals surface area contributed by atoms with Crippen LogP contribution >= 0.6 is 0 Å². The zero-order valence-corrected chi connectivity index (χ0v) is 19.4. The van der Waals surface area contributed by atoms with E-state index >= 15 is 0 Å². The largest absolute Gasteiger partial charge is 0.249 e. The number of hydrogen-bond donors (Lipinski definition) is 0. The molecule has 1 heterocycles. The van der Waals surface area contributed by atoms with Crippen LogP contribution in [0.25, 0.3) is 0 Å². The fraction of sp³-hybridized carbons (Fsp3) is 0.200. The molecule has 1 aliphatic heterocycles. The van der Waals surface area contributed by atoms with Crippen LogP contribution in [0.4, 0.5) is 0 Å². The Morgan fingerprint density at radius 1 is 0.806 bits per heavy atom. The second kappa shape index (κ2) is 8.54. The molecule has 0 saturated heterocycles. The number of rotatable bonds is 5. The topological polar surface area (TPSA) is 54.5 Å². The third-order valence-corrected chi connectivity index (χ3v) is 8.95. The maximum absolute atomic E-state index is 13.7. The molecule has 4 rings (SSSR count). The van der Waals surface area contributed by atoms with Crippen LogP contribution in [0.1, 0.15) is 29.7 Å². The molecule has 0 saturated carbocycles. The van der Waals surface area contributed by atoms with Crippen molar-refractivity contribution in [1.82, 2.24) is 4.31 Å². The fourth-order valence-electron chi connectivity index (χ4n) is 3.86. The molecule has 3 aromatic carbocycles. The van der Waals surface area contributed by atoms with Gasteiger partial charge in [0.25, 0.3) is 0 Å². The van der Waals surface area contributed by atoms with Gasteiger partial charge in [-0.25, -0.2) is 12.6 Å². The van der Waals surface area contributed by atoms with Crippen molar-refractivity contribution >= 4 is 20.8 Å². The summed E-state index contributed by atoms with van der Waals surface area (Å²) in [5, 5.41) is 0. The lowest BCUT2D eigenvalue weighted by Crippen LogP contribution is -2.37. The predicted molar refractivity (Wildman–Crippen MR) is 125 cm³/mol. The molecule has 0 radical (unpaired) electrons. The van der Waals surface area contributed by atoms with Crippen molar-refractivity contribution in [1.29, 1.82) is 0 Å². The van der Waals surface area contributed by atoms with Gasteiger partial charge in [-0.15, -0.1) is 0 Å². The minimum atomic E-state index is -3.81. The number of sulfonamides is 1. The number of nitrogens with zero attached hydrogens (tertiary/aromatic N) is 1. The van der Waals surface area contributed by atoms with Crippen LogP contribution < -0.4 is 0 Å². The first-order valence-electron chi connectivity index (χ1n) is 10.1. The molecule has 0 N–H and O–H groups in total. The fourth-order valence-corrected chi connectivity index (χ4v) is 7.09. The van der Waals surface area contributed by atoms with Crippen LogP contribution in [0, 0.1) is 13.8 Å². The highest BCUT2D eigenvalue weighted by atomic mass is 32.2. The number of hydrogen-bond acceptors (Lipinski definition) is 3. The Kier molecular flexibility index (Phi) is 5.97. The molecule has 0 bridgehead atoms. The van der Waals surface area contributed by atoms with Gasteiger partial charge in [-0.05, 0) is 50.6 Å². The zero-order valence-electron chi connectivity index (χ0n) is 17.7. The summed E-state index contributed by atoms with van der Waals surface area (Å²) < 4.78 is 42.4. The van der Waals surface area contributed by atoms with E-state index in [0.29, 0.717) is 9.80 Å². The lowest BCUT2D eigenvalue weighted by Gasteiger charge is -2.29. The van der Waals surface area contributed by atoms with Gasteiger partial charge >= 0.3 is 0 Å². The minimum Gasteiger partial charge on any atom is -0.249 e. The molecule has 0 aliphatic carbocycles. The van der Waals surface area contributed by atoms with Crippen LogP contribution in [0.15, 0.2) is 99.6 Å². The Balaban J connectivity index is 1.82. The van der Waals surface area contributed by atoms with Crippen molar-refractivity contribution in [2.75, 3.05) is 0 Å². The quantitative estimate of drug-likeness (QED) is 0.540. The van der Waals surface area contributed by atoms with Gasteiger partial charge in [0.1, 0.15) is 0 Å². The molecule has 0 unspecified atom stereocenters. The van der Waals surface area contributed by atoms with Gasteiger partial charge in [0.2, 0.25) is 10.0 Å². The highest BCUT2D eigenvalue weighted by Crippen LogP contribution is 2.43. The van der Waals surface area contributed by atoms with Crippen molar-refractivity contribution in [3.63, 3.8) is 0 Å². The summed E-state index contributed by atoms with van der Waals surface area (Å²) >= 11 is 0. The minimum absolute atomic E-state index is 0.238. The standard InChI is InChI=1S/C25H25NO3S2/c1-18-9-13-22(14-10-18)30(27)24-17-20(3)26(25(24)21-7-5-4-6-8-21)31(28,29)23-15-11-19(2)12-16-23/h4-17,20,25H,1-3H3/t20-,25+,30+/m1/s1. The number of benzene rings is 3. The maximum atomic E-state index is 13.7. The Morgan fingerprint density at radius 3 is 1.94 bits per heavy atom. The smallest absolute Gasteiger partial charge is 0.244 e. The second-order valence-corrected chi connectivity index (χ2v) is 11.2. The molecule has 3 aromatic rings. The van der Waals surface area contributed by atoms with Gasteiger partial charge < -0.3 is 0 Å². The normalized spacial score (nSPS) is 20.4. The molecule has 4 nitrogen and oxygen atoms in total. The van der Waals surface area contributed by atoms with E-state index in [-0.39, 0.29) is 4.90 Å². The number of aryl methyl sites for hydroxylation is 2. The summed E-state index contributed by atoms with van der Waals surface area (Å²) in [6.45, 7) is 5.74. The second-order valence-electron chi connectivity index (χ2n) is 7.85. The van der Waals surface area contributed by atoms with E-state index in [2.05, 4.69) is 0 Å². The molecule has 3 atom stereocenters. The van der Waals surface area contributed by atoms with Gasteiger partial charge in [0, 0.05) is 15.8 Å². The van der Waals surface area contributed by atoms with Gasteiger partial charge in [-0.3, -0.25) is 0 Å². The monoisotopic (exact) mass is 451 g/mol. The zero-order chi connectivity index (χ0) is 22.2. The molecular formula is C25H25NO3S2. The third kappa shape index (κ3) is 4.15. The first-order valence-corrected chi connectivity index (χ1v) is 12.7. The Bertz CT molecular complexity index is 1230. The van der Waals surface area contributed by atoms with Gasteiger partial charge in [-0.2, -0.15) is 4.31 Å². The molecule has 6 heteroatoms. The van der Waals surface area contributed by atoms with Crippen molar-refractivity contribution in [3.8, 4) is 0 Å². The average Bonchev–Trinajstić information content (AvgIpc) is 3.12. The van der Waals surface area contributed by atoms with Crippen LogP contribution in [0.2, 0.25) is 0 Å². The van der Waals surface area contributed by atoms with Crippen LogP contribution in [0.3, 0.4) is 0 Å². The van der Waals surface area contributed by atoms with E-state index < -0.39 is 32.9 Å². The van der Waals surface area contributed by atoms with E-state index in [1.54, 1.807) is 24.3 Å². The lowest BCUT2D eigenvalue weighted by atomic mass is 10.1. The molecule has 0 aromatic heterocycles. The van der Waals surface area contributed by atoms with Gasteiger partial charge in [-0.1, -0.05) is 71.8 Å². The summed E-state index contributed by atoms with van der Waals surface area (Å²) in [6, 6.07) is 22.7. The molecule has 0 amide bonds. The maximum Gasteiger partial charge on any atom is 0.244 e. The average molecular weight is 452 g/mol. The Labute approximate surface area is 186 Å². The van der Waals surface area contributed by atoms with Crippen LogP contribution in [-0.2, 0) is 20.8 Å². The lowest BCUT2D eigenvalue weighted by molar-refractivity contribution is 0.357. The highest BCUT2D eigenvalue weighted by Gasteiger charge is 2.44. The highest BCUT2D eigenvalue weighted by molar-refractivity contribution is 7.90. The summed E-state index contributed by atoms with van der Waals surface area (Å²) in [5.74, 6) is 0. The molecule has 31 heavy (non-hydrogen) atoms. The van der Waals surface area contributed by atoms with Crippen LogP contribution in [0.5, 0.6) is 0 Å². The summed E-state index contributed by atoms with van der Waals surface area (Å²) in [6.07, 6.45) is 1.83. The molecule has 160 valence electrons. The summed E-state index contributed by atoms with van der Waals surface area (Å²) in [7, 11) is -5.29. The Hall–Kier alpha value is -2.54.